The Bertz CT molecular complexity index is 1700. The molecular weight excluding hydrogens is 1140 g/mol. The summed E-state index contributed by atoms with van der Waals surface area (Å²) in [4.78, 5) is 72.4. The van der Waals surface area contributed by atoms with Gasteiger partial charge in [0.1, 0.15) is 19.3 Å². The van der Waals surface area contributed by atoms with E-state index in [4.69, 9.17) is 37.0 Å². The van der Waals surface area contributed by atoms with E-state index >= 15 is 0 Å². The lowest BCUT2D eigenvalue weighted by atomic mass is 9.99. The van der Waals surface area contributed by atoms with Gasteiger partial charge < -0.3 is 33.8 Å². The number of unbranched alkanes of at least 4 members (excludes halogenated alkanes) is 32. The largest absolute Gasteiger partial charge is 0.472 e. The van der Waals surface area contributed by atoms with E-state index in [1.165, 1.54) is 141 Å². The molecule has 0 aliphatic rings. The van der Waals surface area contributed by atoms with Crippen LogP contribution in [0.3, 0.4) is 0 Å². The van der Waals surface area contributed by atoms with Crippen LogP contribution in [0.15, 0.2) is 0 Å². The predicted molar refractivity (Wildman–Crippen MR) is 344 cm³/mol. The third-order valence-corrected chi connectivity index (χ3v) is 17.6. The van der Waals surface area contributed by atoms with E-state index in [0.717, 1.165) is 108 Å². The second-order valence-electron chi connectivity index (χ2n) is 25.4. The Morgan fingerprint density at radius 2 is 0.593 bits per heavy atom. The van der Waals surface area contributed by atoms with E-state index in [0.29, 0.717) is 25.7 Å². The van der Waals surface area contributed by atoms with Gasteiger partial charge in [0.25, 0.3) is 0 Å². The monoisotopic (exact) mass is 1270 g/mol. The van der Waals surface area contributed by atoms with Gasteiger partial charge in [-0.25, -0.2) is 9.13 Å². The van der Waals surface area contributed by atoms with Crippen LogP contribution in [0.1, 0.15) is 331 Å². The van der Waals surface area contributed by atoms with E-state index < -0.39 is 97.5 Å². The summed E-state index contributed by atoms with van der Waals surface area (Å²) in [5.41, 5.74) is 0. The molecule has 0 fully saturated rings. The molecule has 0 aliphatic carbocycles. The Morgan fingerprint density at radius 3 is 0.884 bits per heavy atom. The van der Waals surface area contributed by atoms with Crippen LogP contribution < -0.4 is 0 Å². The second-order valence-corrected chi connectivity index (χ2v) is 28.3. The smallest absolute Gasteiger partial charge is 0.462 e. The fourth-order valence-electron chi connectivity index (χ4n) is 9.98. The van der Waals surface area contributed by atoms with Crippen LogP contribution in [-0.2, 0) is 65.4 Å². The van der Waals surface area contributed by atoms with Gasteiger partial charge in [-0.3, -0.25) is 37.3 Å². The first-order chi connectivity index (χ1) is 41.3. The van der Waals surface area contributed by atoms with Gasteiger partial charge in [0.15, 0.2) is 12.2 Å². The number of aliphatic hydroxyl groups excluding tert-OH is 1. The van der Waals surface area contributed by atoms with Crippen LogP contribution >= 0.6 is 15.6 Å². The molecule has 0 aromatic rings. The van der Waals surface area contributed by atoms with E-state index in [2.05, 4.69) is 48.5 Å². The number of hydrogen-bond acceptors (Lipinski definition) is 15. The van der Waals surface area contributed by atoms with Crippen molar-refractivity contribution in [3.63, 3.8) is 0 Å². The lowest BCUT2D eigenvalue weighted by Gasteiger charge is -2.21. The molecule has 86 heavy (non-hydrogen) atoms. The zero-order valence-corrected chi connectivity index (χ0v) is 57.6. The van der Waals surface area contributed by atoms with Crippen molar-refractivity contribution in [2.24, 2.45) is 17.8 Å². The van der Waals surface area contributed by atoms with Gasteiger partial charge in [-0.2, -0.15) is 0 Å². The molecule has 3 unspecified atom stereocenters. The molecule has 17 nitrogen and oxygen atoms in total. The molecule has 0 aromatic carbocycles. The van der Waals surface area contributed by atoms with Crippen LogP contribution in [0.2, 0.25) is 0 Å². The highest BCUT2D eigenvalue weighted by Crippen LogP contribution is 2.45. The average Bonchev–Trinajstić information content (AvgIpc) is 3.65. The van der Waals surface area contributed by atoms with Crippen LogP contribution in [0, 0.1) is 17.8 Å². The Labute approximate surface area is 524 Å². The number of ether oxygens (including phenoxy) is 4. The summed E-state index contributed by atoms with van der Waals surface area (Å²) in [6, 6.07) is 0. The van der Waals surface area contributed by atoms with Crippen molar-refractivity contribution in [1.82, 2.24) is 0 Å². The van der Waals surface area contributed by atoms with Gasteiger partial charge in [0.05, 0.1) is 26.4 Å². The molecule has 0 saturated carbocycles. The number of carbonyl (C=O) groups excluding carboxylic acids is 4. The van der Waals surface area contributed by atoms with Crippen LogP contribution in [0.4, 0.5) is 0 Å². The Hall–Kier alpha value is -1.94. The number of aliphatic hydroxyl groups is 1. The van der Waals surface area contributed by atoms with Crippen LogP contribution in [-0.4, -0.2) is 96.7 Å². The standard InChI is InChI=1S/C67H130O17P2/c1-8-10-11-12-13-17-27-34-41-48-64(69)77-54-63(84-67(72)51-44-37-30-23-22-26-33-40-47-60(7)9-2)57-82-86(75,76)80-53-61(68)52-79-85(73,74)81-56-62(55-78-65(70)49-42-35-28-21-16-19-25-32-39-46-59(5)6)83-66(71)50-43-36-29-20-15-14-18-24-31-38-45-58(3)4/h58-63,68H,8-57H2,1-7H3,(H,73,74)(H,75,76)/t60?,61-,62-,63-/m1/s1. The highest BCUT2D eigenvalue weighted by Gasteiger charge is 2.30. The molecule has 0 aliphatic heterocycles. The van der Waals surface area contributed by atoms with Crippen molar-refractivity contribution in [1.29, 1.82) is 0 Å². The Balaban J connectivity index is 5.26. The summed E-state index contributed by atoms with van der Waals surface area (Å²) >= 11 is 0. The minimum absolute atomic E-state index is 0.105. The zero-order valence-electron chi connectivity index (χ0n) is 55.8. The first kappa shape index (κ1) is 84.1. The van der Waals surface area contributed by atoms with Crippen molar-refractivity contribution in [2.75, 3.05) is 39.6 Å². The number of carbonyl (C=O) groups is 4. The SMILES string of the molecule is CCCCCCCCCCCC(=O)OC[C@H](COP(=O)(O)OC[C@H](O)COP(=O)(O)OC[C@@H](COC(=O)CCCCCCCCCCCC(C)C)OC(=O)CCCCCCCCCCCCC(C)C)OC(=O)CCCCCCCCCCC(C)CC. The molecule has 510 valence electrons. The quantitative estimate of drug-likeness (QED) is 0.0222. The second kappa shape index (κ2) is 58.2. The molecule has 6 atom stereocenters. The summed E-state index contributed by atoms with van der Waals surface area (Å²) < 4.78 is 68.1. The number of hydrogen-bond donors (Lipinski definition) is 3. The fraction of sp³-hybridized carbons (Fsp3) is 0.940. The average molecular weight is 1270 g/mol. The molecule has 0 aromatic heterocycles. The summed E-state index contributed by atoms with van der Waals surface area (Å²) in [6.07, 6.45) is 40.2. The lowest BCUT2D eigenvalue weighted by molar-refractivity contribution is -0.161. The summed E-state index contributed by atoms with van der Waals surface area (Å²) in [5.74, 6) is 0.133. The molecule has 0 rings (SSSR count). The highest BCUT2D eigenvalue weighted by molar-refractivity contribution is 7.47. The summed E-state index contributed by atoms with van der Waals surface area (Å²) in [5, 5.41) is 10.6. The molecule has 19 heteroatoms. The van der Waals surface area contributed by atoms with Gasteiger partial charge in [-0.1, -0.05) is 280 Å². The summed E-state index contributed by atoms with van der Waals surface area (Å²) in [6.45, 7) is 11.8. The van der Waals surface area contributed by atoms with Gasteiger partial charge in [0, 0.05) is 25.7 Å². The normalized spacial score (nSPS) is 14.6. The molecule has 0 radical (unpaired) electrons. The topological polar surface area (TPSA) is 237 Å². The highest BCUT2D eigenvalue weighted by atomic mass is 31.2. The maximum Gasteiger partial charge on any atom is 0.472 e. The van der Waals surface area contributed by atoms with E-state index in [1.54, 1.807) is 0 Å². The number of rotatable bonds is 65. The van der Waals surface area contributed by atoms with E-state index in [1.807, 2.05) is 0 Å². The maximum atomic E-state index is 13.0. The lowest BCUT2D eigenvalue weighted by Crippen LogP contribution is -2.30. The summed E-state index contributed by atoms with van der Waals surface area (Å²) in [7, 11) is -9.89. The number of esters is 4. The van der Waals surface area contributed by atoms with Gasteiger partial charge >= 0.3 is 39.5 Å². The van der Waals surface area contributed by atoms with Crippen LogP contribution in [0.5, 0.6) is 0 Å². The number of phosphoric acid groups is 2. The molecule has 0 spiro atoms. The van der Waals surface area contributed by atoms with Gasteiger partial charge in [0.2, 0.25) is 0 Å². The first-order valence-corrected chi connectivity index (χ1v) is 37.9. The molecular formula is C67H130O17P2. The third-order valence-electron chi connectivity index (χ3n) is 15.7. The molecule has 0 saturated heterocycles. The third kappa shape index (κ3) is 59.7. The van der Waals surface area contributed by atoms with Crippen LogP contribution in [0.25, 0.3) is 0 Å². The fourth-order valence-corrected chi connectivity index (χ4v) is 11.6. The van der Waals surface area contributed by atoms with Crippen molar-refractivity contribution in [2.45, 2.75) is 349 Å². The van der Waals surface area contributed by atoms with E-state index in [-0.39, 0.29) is 25.7 Å². The van der Waals surface area contributed by atoms with Gasteiger partial charge in [-0.15, -0.1) is 0 Å². The van der Waals surface area contributed by atoms with Crippen molar-refractivity contribution in [3.05, 3.63) is 0 Å². The van der Waals surface area contributed by atoms with Crippen molar-refractivity contribution in [3.8, 4) is 0 Å². The molecule has 0 amide bonds. The predicted octanol–water partition coefficient (Wildman–Crippen LogP) is 18.7. The Kier molecular flexibility index (Phi) is 56.9. The zero-order chi connectivity index (χ0) is 63.8. The minimum Gasteiger partial charge on any atom is -0.462 e. The maximum absolute atomic E-state index is 13.0. The van der Waals surface area contributed by atoms with E-state index in [9.17, 15) is 43.2 Å². The molecule has 0 heterocycles. The Morgan fingerprint density at radius 1 is 0.337 bits per heavy atom. The first-order valence-electron chi connectivity index (χ1n) is 34.9. The number of phosphoric ester groups is 2. The minimum atomic E-state index is -4.95. The molecule has 0 bridgehead atoms. The molecule has 3 N–H and O–H groups in total. The van der Waals surface area contributed by atoms with Gasteiger partial charge in [-0.05, 0) is 43.4 Å². The van der Waals surface area contributed by atoms with Crippen molar-refractivity contribution < 1.29 is 80.2 Å². The van der Waals surface area contributed by atoms with Crippen molar-refractivity contribution >= 4 is 39.5 Å².